The van der Waals surface area contributed by atoms with Gasteiger partial charge in [-0.3, -0.25) is 0 Å². The zero-order valence-corrected chi connectivity index (χ0v) is 9.60. The lowest BCUT2D eigenvalue weighted by Crippen LogP contribution is -2.68. The van der Waals surface area contributed by atoms with Crippen LogP contribution in [0.1, 0.15) is 52.4 Å². The molecule has 1 aliphatic carbocycles. The van der Waals surface area contributed by atoms with Gasteiger partial charge in [0.1, 0.15) is 0 Å². The van der Waals surface area contributed by atoms with Crippen molar-refractivity contribution in [2.75, 3.05) is 6.54 Å². The van der Waals surface area contributed by atoms with E-state index in [9.17, 15) is 0 Å². The molecule has 2 fully saturated rings. The highest BCUT2D eigenvalue weighted by atomic mass is 15.2. The van der Waals surface area contributed by atoms with Crippen LogP contribution in [0.15, 0.2) is 0 Å². The number of nitrogens with one attached hydrogen (secondary N) is 2. The molecule has 0 spiro atoms. The monoisotopic (exact) mass is 196 g/mol. The minimum absolute atomic E-state index is 0.387. The van der Waals surface area contributed by atoms with Crippen molar-refractivity contribution in [3.8, 4) is 0 Å². The van der Waals surface area contributed by atoms with Crippen LogP contribution >= 0.6 is 0 Å². The lowest BCUT2D eigenvalue weighted by molar-refractivity contribution is 0.138. The highest BCUT2D eigenvalue weighted by Gasteiger charge is 2.38. The van der Waals surface area contributed by atoms with E-state index in [2.05, 4.69) is 24.5 Å². The van der Waals surface area contributed by atoms with Crippen molar-refractivity contribution in [2.45, 2.75) is 70.0 Å². The molecule has 1 heterocycles. The third-order valence-electron chi connectivity index (χ3n) is 4.31. The molecule has 0 radical (unpaired) electrons. The maximum Gasteiger partial charge on any atom is 0.0304 e. The van der Waals surface area contributed by atoms with E-state index in [4.69, 9.17) is 0 Å². The van der Waals surface area contributed by atoms with E-state index in [1.165, 1.54) is 45.1 Å². The Balaban J connectivity index is 2.01. The smallest absolute Gasteiger partial charge is 0.0304 e. The van der Waals surface area contributed by atoms with Crippen molar-refractivity contribution in [3.63, 3.8) is 0 Å². The van der Waals surface area contributed by atoms with Crippen LogP contribution < -0.4 is 10.6 Å². The molecule has 0 amide bonds. The molecule has 1 saturated carbocycles. The topological polar surface area (TPSA) is 24.1 Å². The predicted octanol–water partition coefficient (Wildman–Crippen LogP) is 2.05. The molecule has 82 valence electrons. The zero-order chi connectivity index (χ0) is 10.0. The van der Waals surface area contributed by atoms with Gasteiger partial charge in [0, 0.05) is 24.2 Å². The highest BCUT2D eigenvalue weighted by molar-refractivity contribution is 5.01. The number of hydrogen-bond acceptors (Lipinski definition) is 2. The number of piperazine rings is 1. The van der Waals surface area contributed by atoms with Crippen LogP contribution in [0, 0.1) is 0 Å². The van der Waals surface area contributed by atoms with E-state index < -0.39 is 0 Å². The molecule has 14 heavy (non-hydrogen) atoms. The molecule has 2 N–H and O–H groups in total. The lowest BCUT2D eigenvalue weighted by atomic mass is 9.81. The first-order chi connectivity index (χ1) is 6.79. The summed E-state index contributed by atoms with van der Waals surface area (Å²) in [7, 11) is 0. The van der Waals surface area contributed by atoms with Crippen LogP contribution in [-0.4, -0.2) is 24.2 Å². The van der Waals surface area contributed by atoms with E-state index in [1.54, 1.807) is 0 Å². The van der Waals surface area contributed by atoms with E-state index in [0.717, 1.165) is 12.1 Å². The van der Waals surface area contributed by atoms with Gasteiger partial charge in [-0.2, -0.15) is 0 Å². The van der Waals surface area contributed by atoms with E-state index in [0.29, 0.717) is 5.54 Å². The molecule has 2 heteroatoms. The second kappa shape index (κ2) is 4.19. The molecular weight excluding hydrogens is 172 g/mol. The summed E-state index contributed by atoms with van der Waals surface area (Å²) < 4.78 is 0. The van der Waals surface area contributed by atoms with Gasteiger partial charge in [0.05, 0.1) is 0 Å². The Kier molecular flexibility index (Phi) is 3.13. The summed E-state index contributed by atoms with van der Waals surface area (Å²) >= 11 is 0. The van der Waals surface area contributed by atoms with Crippen LogP contribution in [0.4, 0.5) is 0 Å². The quantitative estimate of drug-likeness (QED) is 0.706. The van der Waals surface area contributed by atoms with Gasteiger partial charge in [-0.15, -0.1) is 0 Å². The van der Waals surface area contributed by atoms with Gasteiger partial charge in [0.15, 0.2) is 0 Å². The maximum absolute atomic E-state index is 3.91. The van der Waals surface area contributed by atoms with Crippen LogP contribution in [-0.2, 0) is 0 Å². The predicted molar refractivity (Wildman–Crippen MR) is 60.5 cm³/mol. The second-order valence-electron chi connectivity index (χ2n) is 5.01. The van der Waals surface area contributed by atoms with Crippen molar-refractivity contribution < 1.29 is 0 Å². The Morgan fingerprint density at radius 3 is 2.36 bits per heavy atom. The second-order valence-corrected chi connectivity index (χ2v) is 5.01. The summed E-state index contributed by atoms with van der Waals surface area (Å²) in [6, 6.07) is 1.51. The van der Waals surface area contributed by atoms with Crippen LogP contribution in [0.2, 0.25) is 0 Å². The average molecular weight is 196 g/mol. The molecule has 0 aromatic rings. The van der Waals surface area contributed by atoms with Gasteiger partial charge in [-0.05, 0) is 25.7 Å². The summed E-state index contributed by atoms with van der Waals surface area (Å²) in [5.41, 5.74) is 0.387. The minimum Gasteiger partial charge on any atom is -0.311 e. The fourth-order valence-electron chi connectivity index (χ4n) is 3.02. The van der Waals surface area contributed by atoms with Gasteiger partial charge in [-0.1, -0.05) is 26.7 Å². The maximum atomic E-state index is 3.91. The largest absolute Gasteiger partial charge is 0.311 e. The van der Waals surface area contributed by atoms with Crippen molar-refractivity contribution in [2.24, 2.45) is 0 Å². The highest BCUT2D eigenvalue weighted by Crippen LogP contribution is 2.27. The molecule has 0 aromatic carbocycles. The fourth-order valence-corrected chi connectivity index (χ4v) is 3.02. The van der Waals surface area contributed by atoms with Crippen LogP contribution in [0.5, 0.6) is 0 Å². The van der Waals surface area contributed by atoms with Gasteiger partial charge >= 0.3 is 0 Å². The Morgan fingerprint density at radius 2 is 1.71 bits per heavy atom. The molecule has 2 rings (SSSR count). The molecule has 2 aliphatic rings. The van der Waals surface area contributed by atoms with E-state index in [1.807, 2.05) is 0 Å². The van der Waals surface area contributed by atoms with Gasteiger partial charge < -0.3 is 10.6 Å². The molecular formula is C12H24N2. The van der Waals surface area contributed by atoms with Gasteiger partial charge in [0.25, 0.3) is 0 Å². The minimum atomic E-state index is 0.387. The van der Waals surface area contributed by atoms with Crippen LogP contribution in [0.3, 0.4) is 0 Å². The molecule has 0 bridgehead atoms. The average Bonchev–Trinajstić information content (AvgIpc) is 2.28. The number of fused-ring (bicyclic) bond motifs is 1. The summed E-state index contributed by atoms with van der Waals surface area (Å²) in [5, 5.41) is 7.66. The number of rotatable bonds is 2. The van der Waals surface area contributed by atoms with Crippen LogP contribution in [0.25, 0.3) is 0 Å². The fraction of sp³-hybridized carbons (Fsp3) is 1.00. The Hall–Kier alpha value is -0.0800. The van der Waals surface area contributed by atoms with E-state index >= 15 is 0 Å². The Bertz CT molecular complexity index is 187. The van der Waals surface area contributed by atoms with Gasteiger partial charge in [-0.25, -0.2) is 0 Å². The summed E-state index contributed by atoms with van der Waals surface area (Å²) in [6.07, 6.45) is 8.08. The Morgan fingerprint density at radius 1 is 1.07 bits per heavy atom. The van der Waals surface area contributed by atoms with Crippen molar-refractivity contribution in [3.05, 3.63) is 0 Å². The SMILES string of the molecule is CCC1(CC)CN[C@@H]2CCCC[C@H]2N1. The Labute approximate surface area is 87.8 Å². The molecule has 2 atom stereocenters. The third-order valence-corrected chi connectivity index (χ3v) is 4.31. The molecule has 0 unspecified atom stereocenters. The first-order valence-electron chi connectivity index (χ1n) is 6.31. The lowest BCUT2D eigenvalue weighted by Gasteiger charge is -2.48. The third kappa shape index (κ3) is 1.82. The standard InChI is InChI=1S/C12H24N2/c1-3-12(4-2)9-13-10-7-5-6-8-11(10)14-12/h10-11,13-14H,3-9H2,1-2H3/t10-,11-/m1/s1. The molecule has 1 saturated heterocycles. The normalized spacial score (nSPS) is 36.4. The van der Waals surface area contributed by atoms with Gasteiger partial charge in [0.2, 0.25) is 0 Å². The summed E-state index contributed by atoms with van der Waals surface area (Å²) in [6.45, 7) is 5.78. The first-order valence-corrected chi connectivity index (χ1v) is 6.31. The summed E-state index contributed by atoms with van der Waals surface area (Å²) in [5.74, 6) is 0. The zero-order valence-electron chi connectivity index (χ0n) is 9.60. The number of hydrogen-bond donors (Lipinski definition) is 2. The molecule has 1 aliphatic heterocycles. The van der Waals surface area contributed by atoms with Crippen molar-refractivity contribution in [1.82, 2.24) is 10.6 Å². The van der Waals surface area contributed by atoms with Crippen molar-refractivity contribution >= 4 is 0 Å². The summed E-state index contributed by atoms with van der Waals surface area (Å²) in [4.78, 5) is 0. The molecule has 2 nitrogen and oxygen atoms in total. The first kappa shape index (κ1) is 10.4. The van der Waals surface area contributed by atoms with Crippen molar-refractivity contribution in [1.29, 1.82) is 0 Å². The molecule has 0 aromatic heterocycles. The van der Waals surface area contributed by atoms with E-state index in [-0.39, 0.29) is 0 Å².